The van der Waals surface area contributed by atoms with Gasteiger partial charge in [-0.3, -0.25) is 4.79 Å². The average Bonchev–Trinajstić information content (AvgIpc) is 3.05. The van der Waals surface area contributed by atoms with Crippen LogP contribution in [0.1, 0.15) is 42.0 Å². The summed E-state index contributed by atoms with van der Waals surface area (Å²) in [4.78, 5) is 25.3. The Labute approximate surface area is 156 Å². The Kier molecular flexibility index (Phi) is 5.68. The molecule has 2 heterocycles. The molecular weight excluding hydrogens is 346 g/mol. The normalized spacial score (nSPS) is 10.8. The molecule has 2 aromatic heterocycles. The van der Waals surface area contributed by atoms with Gasteiger partial charge in [0.05, 0.1) is 12.0 Å². The summed E-state index contributed by atoms with van der Waals surface area (Å²) in [5.74, 6) is -0.112. The second-order valence-electron chi connectivity index (χ2n) is 6.03. The third-order valence-corrected chi connectivity index (χ3v) is 4.92. The second kappa shape index (κ2) is 8.14. The van der Waals surface area contributed by atoms with E-state index >= 15 is 0 Å². The first-order valence-electron chi connectivity index (χ1n) is 8.45. The van der Waals surface area contributed by atoms with E-state index in [1.165, 1.54) is 24.9 Å². The van der Waals surface area contributed by atoms with Gasteiger partial charge in [0, 0.05) is 42.6 Å². The van der Waals surface area contributed by atoms with E-state index in [1.54, 1.807) is 6.20 Å². The van der Waals surface area contributed by atoms with Crippen molar-refractivity contribution in [3.8, 4) is 0 Å². The predicted octanol–water partition coefficient (Wildman–Crippen LogP) is 3.61. The van der Waals surface area contributed by atoms with Crippen LogP contribution in [0.2, 0.25) is 0 Å². The van der Waals surface area contributed by atoms with Crippen molar-refractivity contribution >= 4 is 23.2 Å². The number of benzene rings is 1. The van der Waals surface area contributed by atoms with Crippen LogP contribution in [0, 0.1) is 0 Å². The molecule has 0 saturated carbocycles. The van der Waals surface area contributed by atoms with Gasteiger partial charge in [-0.25, -0.2) is 15.0 Å². The minimum absolute atomic E-state index is 0.112. The standard InChI is InChI=1S/C19H21N5OS/c1-3-4-15-11-24(12-23-15)10-14-5-6-17(16(20)9-14)26-19-18(13(2)25)21-7-8-22-19/h5-9,11-12H,3-4,10,20H2,1-2H3. The molecule has 0 unspecified atom stereocenters. The number of imidazole rings is 1. The van der Waals surface area contributed by atoms with E-state index in [-0.39, 0.29) is 5.78 Å². The van der Waals surface area contributed by atoms with Crippen LogP contribution in [0.15, 0.2) is 53.0 Å². The lowest BCUT2D eigenvalue weighted by Gasteiger charge is -2.09. The Balaban J connectivity index is 1.76. The number of aryl methyl sites for hydroxylation is 1. The number of ketones is 1. The quantitative estimate of drug-likeness (QED) is 0.507. The van der Waals surface area contributed by atoms with Gasteiger partial charge in [-0.1, -0.05) is 31.2 Å². The van der Waals surface area contributed by atoms with Crippen LogP contribution in [0.5, 0.6) is 0 Å². The molecule has 1 aromatic carbocycles. The summed E-state index contributed by atoms with van der Waals surface area (Å²) in [6.45, 7) is 4.35. The molecule has 0 bridgehead atoms. The topological polar surface area (TPSA) is 86.7 Å². The van der Waals surface area contributed by atoms with Crippen molar-refractivity contribution in [2.75, 3.05) is 5.73 Å². The number of hydrogen-bond acceptors (Lipinski definition) is 6. The highest BCUT2D eigenvalue weighted by atomic mass is 32.2. The summed E-state index contributed by atoms with van der Waals surface area (Å²) < 4.78 is 2.06. The largest absolute Gasteiger partial charge is 0.398 e. The molecule has 0 atom stereocenters. The fourth-order valence-electron chi connectivity index (χ4n) is 2.62. The summed E-state index contributed by atoms with van der Waals surface area (Å²) in [5.41, 5.74) is 9.44. The third kappa shape index (κ3) is 4.29. The Morgan fingerprint density at radius 3 is 2.77 bits per heavy atom. The first kappa shape index (κ1) is 18.1. The van der Waals surface area contributed by atoms with E-state index < -0.39 is 0 Å². The van der Waals surface area contributed by atoms with E-state index in [9.17, 15) is 4.79 Å². The Morgan fingerprint density at radius 1 is 1.23 bits per heavy atom. The summed E-state index contributed by atoms with van der Waals surface area (Å²) >= 11 is 1.36. The van der Waals surface area contributed by atoms with E-state index in [2.05, 4.69) is 32.6 Å². The fourth-order valence-corrected chi connectivity index (χ4v) is 3.55. The summed E-state index contributed by atoms with van der Waals surface area (Å²) in [6.07, 6.45) is 9.09. The highest BCUT2D eigenvalue weighted by Gasteiger charge is 2.13. The Hall–Kier alpha value is -2.67. The van der Waals surface area contributed by atoms with Crippen LogP contribution in [-0.4, -0.2) is 25.3 Å². The lowest BCUT2D eigenvalue weighted by molar-refractivity contribution is 0.100. The number of aromatic nitrogens is 4. The lowest BCUT2D eigenvalue weighted by atomic mass is 10.2. The zero-order valence-electron chi connectivity index (χ0n) is 14.8. The molecule has 0 aliphatic rings. The van der Waals surface area contributed by atoms with Crippen LogP contribution in [0.3, 0.4) is 0 Å². The van der Waals surface area contributed by atoms with E-state index in [0.29, 0.717) is 16.4 Å². The molecule has 0 fully saturated rings. The van der Waals surface area contributed by atoms with Crippen molar-refractivity contribution in [3.63, 3.8) is 0 Å². The monoisotopic (exact) mass is 367 g/mol. The van der Waals surface area contributed by atoms with Gasteiger partial charge in [-0.2, -0.15) is 0 Å². The Morgan fingerprint density at radius 2 is 2.04 bits per heavy atom. The van der Waals surface area contributed by atoms with Crippen molar-refractivity contribution in [1.29, 1.82) is 0 Å². The lowest BCUT2D eigenvalue weighted by Crippen LogP contribution is -2.02. The highest BCUT2D eigenvalue weighted by Crippen LogP contribution is 2.33. The molecule has 26 heavy (non-hydrogen) atoms. The minimum atomic E-state index is -0.112. The summed E-state index contributed by atoms with van der Waals surface area (Å²) in [6, 6.07) is 5.94. The molecule has 0 amide bonds. The van der Waals surface area contributed by atoms with Crippen molar-refractivity contribution < 1.29 is 4.79 Å². The molecule has 2 N–H and O–H groups in total. The van der Waals surface area contributed by atoms with Gasteiger partial charge < -0.3 is 10.3 Å². The number of nitrogen functional groups attached to an aromatic ring is 1. The molecular formula is C19H21N5OS. The van der Waals surface area contributed by atoms with Gasteiger partial charge in [0.15, 0.2) is 5.78 Å². The SMILES string of the molecule is CCCc1cn(Cc2ccc(Sc3nccnc3C(C)=O)c(N)c2)cn1. The molecule has 6 nitrogen and oxygen atoms in total. The van der Waals surface area contributed by atoms with Crippen LogP contribution in [0.4, 0.5) is 5.69 Å². The number of anilines is 1. The highest BCUT2D eigenvalue weighted by molar-refractivity contribution is 7.99. The number of hydrogen-bond donors (Lipinski definition) is 1. The van der Waals surface area contributed by atoms with Gasteiger partial charge in [0.2, 0.25) is 0 Å². The minimum Gasteiger partial charge on any atom is -0.398 e. The van der Waals surface area contributed by atoms with Gasteiger partial charge in [0.25, 0.3) is 0 Å². The summed E-state index contributed by atoms with van der Waals surface area (Å²) in [5, 5.41) is 0.568. The molecule has 0 aliphatic carbocycles. The fraction of sp³-hybridized carbons (Fsp3) is 0.263. The molecule has 0 saturated heterocycles. The Bertz CT molecular complexity index is 922. The third-order valence-electron chi connectivity index (χ3n) is 3.84. The number of nitrogens with two attached hydrogens (primary N) is 1. The van der Waals surface area contributed by atoms with Crippen LogP contribution < -0.4 is 5.73 Å². The van der Waals surface area contributed by atoms with E-state index in [0.717, 1.165) is 35.5 Å². The number of nitrogens with zero attached hydrogens (tertiary/aromatic N) is 4. The van der Waals surface area contributed by atoms with E-state index in [1.807, 2.05) is 24.5 Å². The maximum atomic E-state index is 11.7. The average molecular weight is 367 g/mol. The zero-order chi connectivity index (χ0) is 18.5. The van der Waals surface area contributed by atoms with Gasteiger partial charge >= 0.3 is 0 Å². The van der Waals surface area contributed by atoms with Gasteiger partial charge in [-0.05, 0) is 24.1 Å². The predicted molar refractivity (Wildman–Crippen MR) is 102 cm³/mol. The molecule has 3 rings (SSSR count). The maximum Gasteiger partial charge on any atom is 0.180 e. The summed E-state index contributed by atoms with van der Waals surface area (Å²) in [7, 11) is 0. The molecule has 134 valence electrons. The van der Waals surface area contributed by atoms with Gasteiger partial charge in [-0.15, -0.1) is 0 Å². The van der Waals surface area contributed by atoms with Crippen molar-refractivity contribution in [2.24, 2.45) is 0 Å². The number of carbonyl (C=O) groups excluding carboxylic acids is 1. The van der Waals surface area contributed by atoms with Crippen molar-refractivity contribution in [1.82, 2.24) is 19.5 Å². The smallest absolute Gasteiger partial charge is 0.180 e. The van der Waals surface area contributed by atoms with E-state index in [4.69, 9.17) is 5.73 Å². The van der Waals surface area contributed by atoms with Crippen LogP contribution >= 0.6 is 11.8 Å². The number of rotatable bonds is 7. The van der Waals surface area contributed by atoms with Crippen LogP contribution in [-0.2, 0) is 13.0 Å². The molecule has 3 aromatic rings. The maximum absolute atomic E-state index is 11.7. The van der Waals surface area contributed by atoms with Crippen molar-refractivity contribution in [2.45, 2.75) is 43.2 Å². The zero-order valence-corrected chi connectivity index (χ0v) is 15.7. The molecule has 0 spiro atoms. The van der Waals surface area contributed by atoms with Gasteiger partial charge in [0.1, 0.15) is 10.7 Å². The molecule has 0 radical (unpaired) electrons. The van der Waals surface area contributed by atoms with Crippen LogP contribution in [0.25, 0.3) is 0 Å². The number of carbonyl (C=O) groups is 1. The first-order chi connectivity index (χ1) is 12.6. The number of Topliss-reactive ketones (excluding diaryl/α,β-unsaturated/α-hetero) is 1. The second-order valence-corrected chi connectivity index (χ2v) is 7.06. The van der Waals surface area contributed by atoms with Crippen molar-refractivity contribution in [3.05, 3.63) is 60.1 Å². The first-order valence-corrected chi connectivity index (χ1v) is 9.27. The molecule has 0 aliphatic heterocycles. The molecule has 7 heteroatoms.